The van der Waals surface area contributed by atoms with Crippen LogP contribution in [-0.4, -0.2) is 46.8 Å². The minimum absolute atomic E-state index is 0. The third-order valence-electron chi connectivity index (χ3n) is 3.78. The number of aliphatic imine (C=N–C) groups is 1. The number of rotatable bonds is 5. The number of nitrogens with one attached hydrogen (secondary N) is 2. The molecular formula is C16H23IN6O. The van der Waals surface area contributed by atoms with E-state index in [1.54, 1.807) is 25.8 Å². The van der Waals surface area contributed by atoms with E-state index in [1.165, 1.54) is 0 Å². The number of pyridine rings is 1. The summed E-state index contributed by atoms with van der Waals surface area (Å²) in [6.45, 7) is 2.33. The number of guanidine groups is 1. The Hall–Kier alpha value is -1.68. The molecule has 1 aliphatic rings. The van der Waals surface area contributed by atoms with Gasteiger partial charge in [-0.25, -0.2) is 9.97 Å². The average molecular weight is 442 g/mol. The first-order valence-corrected chi connectivity index (χ1v) is 7.84. The number of hydrogen-bond acceptors (Lipinski definition) is 4. The number of aromatic nitrogens is 3. The van der Waals surface area contributed by atoms with Crippen molar-refractivity contribution in [3.63, 3.8) is 0 Å². The average Bonchev–Trinajstić information content (AvgIpc) is 3.29. The lowest BCUT2D eigenvalue weighted by Crippen LogP contribution is -2.40. The molecule has 8 heteroatoms. The number of halogens is 1. The van der Waals surface area contributed by atoms with Crippen molar-refractivity contribution < 1.29 is 4.74 Å². The summed E-state index contributed by atoms with van der Waals surface area (Å²) in [5.41, 5.74) is 1.13. The van der Waals surface area contributed by atoms with Crippen LogP contribution in [0, 0.1) is 0 Å². The maximum Gasteiger partial charge on any atom is 0.191 e. The molecule has 7 nitrogen and oxygen atoms in total. The summed E-state index contributed by atoms with van der Waals surface area (Å²) in [6.07, 6.45) is 9.71. The fourth-order valence-electron chi connectivity index (χ4n) is 2.53. The zero-order chi connectivity index (χ0) is 15.9. The van der Waals surface area contributed by atoms with Gasteiger partial charge in [0.2, 0.25) is 0 Å². The molecule has 3 rings (SSSR count). The van der Waals surface area contributed by atoms with Gasteiger partial charge in [0.05, 0.1) is 6.10 Å². The molecule has 2 N–H and O–H groups in total. The second kappa shape index (κ2) is 9.58. The number of nitrogens with zero attached hydrogens (tertiary/aromatic N) is 4. The van der Waals surface area contributed by atoms with Gasteiger partial charge in [0.15, 0.2) is 5.96 Å². The van der Waals surface area contributed by atoms with Crippen LogP contribution in [0.1, 0.15) is 18.4 Å². The van der Waals surface area contributed by atoms with Crippen LogP contribution in [0.3, 0.4) is 0 Å². The van der Waals surface area contributed by atoms with Gasteiger partial charge >= 0.3 is 0 Å². The van der Waals surface area contributed by atoms with Crippen LogP contribution in [0.5, 0.6) is 0 Å². The van der Waals surface area contributed by atoms with Crippen LogP contribution in [-0.2, 0) is 11.3 Å². The molecule has 0 bridgehead atoms. The molecule has 0 aromatic carbocycles. The van der Waals surface area contributed by atoms with Gasteiger partial charge in [-0.3, -0.25) is 9.56 Å². The van der Waals surface area contributed by atoms with Crippen LogP contribution < -0.4 is 10.6 Å². The molecule has 2 aromatic heterocycles. The molecule has 1 atom stereocenters. The fourth-order valence-corrected chi connectivity index (χ4v) is 2.53. The molecule has 1 saturated heterocycles. The van der Waals surface area contributed by atoms with Gasteiger partial charge in [-0.15, -0.1) is 24.0 Å². The lowest BCUT2D eigenvalue weighted by molar-refractivity contribution is 0.114. The van der Waals surface area contributed by atoms with Crippen molar-refractivity contribution in [1.29, 1.82) is 0 Å². The van der Waals surface area contributed by atoms with Crippen LogP contribution >= 0.6 is 24.0 Å². The zero-order valence-corrected chi connectivity index (χ0v) is 16.0. The van der Waals surface area contributed by atoms with Crippen LogP contribution in [0.25, 0.3) is 5.82 Å². The topological polar surface area (TPSA) is 76.4 Å². The van der Waals surface area contributed by atoms with Gasteiger partial charge in [0.25, 0.3) is 0 Å². The van der Waals surface area contributed by atoms with E-state index in [-0.39, 0.29) is 24.0 Å². The number of imidazole rings is 1. The van der Waals surface area contributed by atoms with Gasteiger partial charge in [0.1, 0.15) is 12.1 Å². The van der Waals surface area contributed by atoms with Crippen molar-refractivity contribution in [2.45, 2.75) is 25.5 Å². The summed E-state index contributed by atoms with van der Waals surface area (Å²) in [7, 11) is 1.77. The van der Waals surface area contributed by atoms with Gasteiger partial charge in [-0.1, -0.05) is 0 Å². The van der Waals surface area contributed by atoms with E-state index in [1.807, 2.05) is 22.9 Å². The van der Waals surface area contributed by atoms with E-state index in [2.05, 4.69) is 25.6 Å². The Balaban J connectivity index is 0.00000208. The summed E-state index contributed by atoms with van der Waals surface area (Å²) < 4.78 is 7.49. The Kier molecular flexibility index (Phi) is 7.44. The van der Waals surface area contributed by atoms with Gasteiger partial charge in [-0.05, 0) is 30.5 Å². The lowest BCUT2D eigenvalue weighted by atomic mass is 10.2. The second-order valence-electron chi connectivity index (χ2n) is 5.43. The molecule has 1 unspecified atom stereocenters. The smallest absolute Gasteiger partial charge is 0.191 e. The minimum atomic E-state index is 0. The maximum absolute atomic E-state index is 5.61. The summed E-state index contributed by atoms with van der Waals surface area (Å²) in [5, 5.41) is 6.62. The van der Waals surface area contributed by atoms with E-state index in [4.69, 9.17) is 4.74 Å². The predicted molar refractivity (Wildman–Crippen MR) is 104 cm³/mol. The van der Waals surface area contributed by atoms with Crippen LogP contribution in [0.15, 0.2) is 42.0 Å². The number of hydrogen-bond donors (Lipinski definition) is 2. The highest BCUT2D eigenvalue weighted by molar-refractivity contribution is 14.0. The highest BCUT2D eigenvalue weighted by atomic mass is 127. The molecule has 1 fully saturated rings. The second-order valence-corrected chi connectivity index (χ2v) is 5.43. The maximum atomic E-state index is 5.61. The van der Waals surface area contributed by atoms with E-state index < -0.39 is 0 Å². The van der Waals surface area contributed by atoms with E-state index >= 15 is 0 Å². The molecule has 3 heterocycles. The molecule has 24 heavy (non-hydrogen) atoms. The molecule has 0 aliphatic carbocycles. The molecule has 1 aliphatic heterocycles. The summed E-state index contributed by atoms with van der Waals surface area (Å²) in [6, 6.07) is 4.02. The lowest BCUT2D eigenvalue weighted by Gasteiger charge is -2.15. The van der Waals surface area contributed by atoms with Gasteiger partial charge < -0.3 is 15.4 Å². The minimum Gasteiger partial charge on any atom is -0.376 e. The normalized spacial score (nSPS) is 17.4. The van der Waals surface area contributed by atoms with Crippen LogP contribution in [0.2, 0.25) is 0 Å². The van der Waals surface area contributed by atoms with Gasteiger partial charge in [-0.2, -0.15) is 0 Å². The van der Waals surface area contributed by atoms with Crippen molar-refractivity contribution in [2.75, 3.05) is 20.2 Å². The van der Waals surface area contributed by atoms with E-state index in [9.17, 15) is 0 Å². The Bertz CT molecular complexity index is 640. The molecule has 130 valence electrons. The monoisotopic (exact) mass is 442 g/mol. The quantitative estimate of drug-likeness (QED) is 0.419. The fraction of sp³-hybridized carbons (Fsp3) is 0.438. The Morgan fingerprint density at radius 3 is 3.04 bits per heavy atom. The molecular weight excluding hydrogens is 419 g/mol. The van der Waals surface area contributed by atoms with Gasteiger partial charge in [0, 0.05) is 45.3 Å². The van der Waals surface area contributed by atoms with Crippen molar-refractivity contribution >= 4 is 29.9 Å². The van der Waals surface area contributed by atoms with Crippen molar-refractivity contribution in [2.24, 2.45) is 4.99 Å². The molecule has 0 saturated carbocycles. The Labute approximate surface area is 159 Å². The summed E-state index contributed by atoms with van der Waals surface area (Å²) in [5.74, 6) is 1.63. The Morgan fingerprint density at radius 2 is 2.33 bits per heavy atom. The third kappa shape index (κ3) is 5.17. The molecule has 0 spiro atoms. The van der Waals surface area contributed by atoms with E-state index in [0.29, 0.717) is 12.6 Å². The number of ether oxygens (including phenoxy) is 1. The van der Waals surface area contributed by atoms with Crippen molar-refractivity contribution in [1.82, 2.24) is 25.2 Å². The van der Waals surface area contributed by atoms with Crippen LogP contribution in [0.4, 0.5) is 0 Å². The van der Waals surface area contributed by atoms with Crippen molar-refractivity contribution in [3.8, 4) is 5.82 Å². The standard InChI is InChI=1S/C16H22N6O.HI/c1-17-16(21-11-14-3-2-8-23-14)20-10-13-4-5-19-15(9-13)22-7-6-18-12-22;/h4-7,9,12,14H,2-3,8,10-11H2,1H3,(H2,17,20,21);1H. The summed E-state index contributed by atoms with van der Waals surface area (Å²) >= 11 is 0. The first-order valence-electron chi connectivity index (χ1n) is 7.84. The highest BCUT2D eigenvalue weighted by Gasteiger charge is 2.15. The Morgan fingerprint density at radius 1 is 1.42 bits per heavy atom. The largest absolute Gasteiger partial charge is 0.376 e. The SMILES string of the molecule is CN=C(NCc1ccnc(-n2ccnc2)c1)NCC1CCCO1.I. The zero-order valence-electron chi connectivity index (χ0n) is 13.7. The first kappa shape index (κ1) is 18.7. The van der Waals surface area contributed by atoms with E-state index in [0.717, 1.165) is 43.3 Å². The molecule has 0 radical (unpaired) electrons. The molecule has 2 aromatic rings. The first-order chi connectivity index (χ1) is 11.3. The third-order valence-corrected chi connectivity index (χ3v) is 3.78. The highest BCUT2D eigenvalue weighted by Crippen LogP contribution is 2.10. The van der Waals surface area contributed by atoms with Crippen molar-refractivity contribution in [3.05, 3.63) is 42.6 Å². The predicted octanol–water partition coefficient (Wildman–Crippen LogP) is 1.73. The molecule has 0 amide bonds. The summed E-state index contributed by atoms with van der Waals surface area (Å²) in [4.78, 5) is 12.6.